The third kappa shape index (κ3) is 2.74. The standard InChI is InChI=1S/C14H26N4/c1-4-6-14(7-5-8-15-10-14)13-17-16-11-18(13)9-12(2)3/h11-12,15H,4-10H2,1-3H3. The monoisotopic (exact) mass is 250 g/mol. The Morgan fingerprint density at radius 1 is 1.50 bits per heavy atom. The average Bonchev–Trinajstić information content (AvgIpc) is 2.78. The molecule has 4 nitrogen and oxygen atoms in total. The van der Waals surface area contributed by atoms with Gasteiger partial charge in [-0.05, 0) is 31.7 Å². The lowest BCUT2D eigenvalue weighted by atomic mass is 9.76. The van der Waals surface area contributed by atoms with E-state index in [4.69, 9.17) is 0 Å². The van der Waals surface area contributed by atoms with Crippen molar-refractivity contribution in [2.45, 2.75) is 58.4 Å². The summed E-state index contributed by atoms with van der Waals surface area (Å²) in [6.45, 7) is 9.97. The molecule has 18 heavy (non-hydrogen) atoms. The summed E-state index contributed by atoms with van der Waals surface area (Å²) in [6.07, 6.45) is 6.80. The summed E-state index contributed by atoms with van der Waals surface area (Å²) in [5.41, 5.74) is 0.207. The molecule has 0 radical (unpaired) electrons. The molecule has 1 aromatic heterocycles. The molecular formula is C14H26N4. The normalized spacial score (nSPS) is 24.7. The summed E-state index contributed by atoms with van der Waals surface area (Å²) < 4.78 is 2.27. The summed E-state index contributed by atoms with van der Waals surface area (Å²) in [5, 5.41) is 12.2. The van der Waals surface area contributed by atoms with Gasteiger partial charge in [-0.15, -0.1) is 10.2 Å². The highest BCUT2D eigenvalue weighted by atomic mass is 15.3. The smallest absolute Gasteiger partial charge is 0.140 e. The zero-order valence-electron chi connectivity index (χ0n) is 11.9. The zero-order valence-corrected chi connectivity index (χ0v) is 11.9. The largest absolute Gasteiger partial charge is 0.317 e. The van der Waals surface area contributed by atoms with Gasteiger partial charge in [-0.25, -0.2) is 0 Å². The van der Waals surface area contributed by atoms with Crippen molar-refractivity contribution < 1.29 is 0 Å². The van der Waals surface area contributed by atoms with Crippen LogP contribution in [0.3, 0.4) is 0 Å². The highest BCUT2D eigenvalue weighted by Crippen LogP contribution is 2.34. The van der Waals surface area contributed by atoms with Gasteiger partial charge in [0.05, 0.1) is 0 Å². The van der Waals surface area contributed by atoms with Gasteiger partial charge >= 0.3 is 0 Å². The predicted molar refractivity (Wildman–Crippen MR) is 73.5 cm³/mol. The van der Waals surface area contributed by atoms with Crippen LogP contribution in [0.25, 0.3) is 0 Å². The highest BCUT2D eigenvalue weighted by molar-refractivity contribution is 5.11. The van der Waals surface area contributed by atoms with Crippen LogP contribution >= 0.6 is 0 Å². The van der Waals surface area contributed by atoms with E-state index < -0.39 is 0 Å². The second kappa shape index (κ2) is 5.83. The van der Waals surface area contributed by atoms with Crippen LogP contribution in [-0.2, 0) is 12.0 Å². The Morgan fingerprint density at radius 3 is 2.94 bits per heavy atom. The maximum atomic E-state index is 4.46. The van der Waals surface area contributed by atoms with Crippen molar-refractivity contribution in [2.75, 3.05) is 13.1 Å². The Hall–Kier alpha value is -0.900. The summed E-state index contributed by atoms with van der Waals surface area (Å²) >= 11 is 0. The summed E-state index contributed by atoms with van der Waals surface area (Å²) in [4.78, 5) is 0. The minimum atomic E-state index is 0.207. The molecule has 102 valence electrons. The van der Waals surface area contributed by atoms with E-state index in [0.29, 0.717) is 5.92 Å². The van der Waals surface area contributed by atoms with Crippen LogP contribution in [0, 0.1) is 5.92 Å². The summed E-state index contributed by atoms with van der Waals surface area (Å²) in [7, 11) is 0. The van der Waals surface area contributed by atoms with Crippen LogP contribution in [0.4, 0.5) is 0 Å². The van der Waals surface area contributed by atoms with E-state index in [9.17, 15) is 0 Å². The lowest BCUT2D eigenvalue weighted by molar-refractivity contribution is 0.263. The van der Waals surface area contributed by atoms with E-state index in [-0.39, 0.29) is 5.41 Å². The Morgan fingerprint density at radius 2 is 2.33 bits per heavy atom. The molecule has 0 saturated carbocycles. The Labute approximate surface area is 110 Å². The van der Waals surface area contributed by atoms with Crippen LogP contribution in [0.15, 0.2) is 6.33 Å². The van der Waals surface area contributed by atoms with Gasteiger partial charge in [-0.2, -0.15) is 0 Å². The first-order valence-corrected chi connectivity index (χ1v) is 7.27. The average molecular weight is 250 g/mol. The molecule has 0 aromatic carbocycles. The maximum Gasteiger partial charge on any atom is 0.140 e. The molecule has 0 bridgehead atoms. The molecule has 1 aliphatic rings. The molecule has 1 unspecified atom stereocenters. The number of aromatic nitrogens is 3. The lowest BCUT2D eigenvalue weighted by Gasteiger charge is -2.37. The molecule has 1 aliphatic heterocycles. The molecule has 1 atom stereocenters. The van der Waals surface area contributed by atoms with Gasteiger partial charge in [0, 0.05) is 18.5 Å². The van der Waals surface area contributed by atoms with Gasteiger partial charge in [-0.3, -0.25) is 0 Å². The number of nitrogens with zero attached hydrogens (tertiary/aromatic N) is 3. The van der Waals surface area contributed by atoms with E-state index in [1.165, 1.54) is 31.5 Å². The number of hydrogen-bond donors (Lipinski definition) is 1. The first kappa shape index (κ1) is 13.5. The SMILES string of the molecule is CCCC1(c2nncn2CC(C)C)CCCNC1. The maximum absolute atomic E-state index is 4.46. The second-order valence-electron chi connectivity index (χ2n) is 6.01. The fourth-order valence-corrected chi connectivity index (χ4v) is 3.16. The van der Waals surface area contributed by atoms with E-state index >= 15 is 0 Å². The molecule has 0 aliphatic carbocycles. The molecule has 2 heterocycles. The van der Waals surface area contributed by atoms with Crippen LogP contribution in [0.1, 0.15) is 52.3 Å². The fourth-order valence-electron chi connectivity index (χ4n) is 3.16. The molecule has 1 N–H and O–H groups in total. The number of rotatable bonds is 5. The first-order chi connectivity index (χ1) is 8.68. The molecule has 0 spiro atoms. The van der Waals surface area contributed by atoms with Gasteiger partial charge in [0.1, 0.15) is 12.2 Å². The summed E-state index contributed by atoms with van der Waals surface area (Å²) in [5.74, 6) is 1.83. The third-order valence-electron chi connectivity index (χ3n) is 3.85. The van der Waals surface area contributed by atoms with Crippen LogP contribution in [0.5, 0.6) is 0 Å². The van der Waals surface area contributed by atoms with Crippen LogP contribution < -0.4 is 5.32 Å². The number of hydrogen-bond acceptors (Lipinski definition) is 3. The molecule has 1 aromatic rings. The minimum Gasteiger partial charge on any atom is -0.317 e. The second-order valence-corrected chi connectivity index (χ2v) is 6.01. The van der Waals surface area contributed by atoms with Crippen molar-refractivity contribution in [3.8, 4) is 0 Å². The van der Waals surface area contributed by atoms with E-state index in [0.717, 1.165) is 19.6 Å². The molecule has 1 fully saturated rings. The third-order valence-corrected chi connectivity index (χ3v) is 3.85. The van der Waals surface area contributed by atoms with Crippen molar-refractivity contribution in [2.24, 2.45) is 5.92 Å². The highest BCUT2D eigenvalue weighted by Gasteiger charge is 2.37. The number of piperidine rings is 1. The van der Waals surface area contributed by atoms with Crippen molar-refractivity contribution in [1.29, 1.82) is 0 Å². The van der Waals surface area contributed by atoms with Crippen molar-refractivity contribution >= 4 is 0 Å². The van der Waals surface area contributed by atoms with Crippen molar-refractivity contribution in [1.82, 2.24) is 20.1 Å². The quantitative estimate of drug-likeness (QED) is 0.872. The van der Waals surface area contributed by atoms with Crippen LogP contribution in [-0.4, -0.2) is 27.9 Å². The van der Waals surface area contributed by atoms with Crippen molar-refractivity contribution in [3.63, 3.8) is 0 Å². The Bertz CT molecular complexity index is 358. The number of nitrogens with one attached hydrogen (secondary N) is 1. The lowest BCUT2D eigenvalue weighted by Crippen LogP contribution is -2.45. The van der Waals surface area contributed by atoms with E-state index in [2.05, 4.69) is 40.9 Å². The molecule has 1 saturated heterocycles. The Balaban J connectivity index is 2.27. The molecular weight excluding hydrogens is 224 g/mol. The molecule has 0 amide bonds. The van der Waals surface area contributed by atoms with E-state index in [1.54, 1.807) is 0 Å². The zero-order chi connectivity index (χ0) is 13.0. The summed E-state index contributed by atoms with van der Waals surface area (Å²) in [6, 6.07) is 0. The molecule has 4 heteroatoms. The van der Waals surface area contributed by atoms with Gasteiger partial charge in [0.25, 0.3) is 0 Å². The Kier molecular flexibility index (Phi) is 4.38. The van der Waals surface area contributed by atoms with Crippen molar-refractivity contribution in [3.05, 3.63) is 12.2 Å². The van der Waals surface area contributed by atoms with Gasteiger partial charge in [0.2, 0.25) is 0 Å². The fraction of sp³-hybridized carbons (Fsp3) is 0.857. The minimum absolute atomic E-state index is 0.207. The first-order valence-electron chi connectivity index (χ1n) is 7.27. The van der Waals surface area contributed by atoms with E-state index in [1.807, 2.05) is 6.33 Å². The predicted octanol–water partition coefficient (Wildman–Crippen LogP) is 2.36. The molecule has 2 rings (SSSR count). The van der Waals surface area contributed by atoms with Gasteiger partial charge < -0.3 is 9.88 Å². The van der Waals surface area contributed by atoms with Crippen LogP contribution in [0.2, 0.25) is 0 Å². The topological polar surface area (TPSA) is 42.7 Å². The van der Waals surface area contributed by atoms with Gasteiger partial charge in [-0.1, -0.05) is 27.2 Å². The van der Waals surface area contributed by atoms with Gasteiger partial charge in [0.15, 0.2) is 0 Å².